The molecule has 0 aliphatic heterocycles. The Hall–Kier alpha value is -1.84. The third-order valence-corrected chi connectivity index (χ3v) is 4.74. The highest BCUT2D eigenvalue weighted by atomic mass is 16.1. The number of rotatable bonds is 8. The molecule has 1 aromatic heterocycles. The van der Waals surface area contributed by atoms with Crippen molar-refractivity contribution < 1.29 is 0 Å². The summed E-state index contributed by atoms with van der Waals surface area (Å²) in [6, 6.07) is 1.67. The van der Waals surface area contributed by atoms with Gasteiger partial charge in [0.25, 0.3) is 0 Å². The van der Waals surface area contributed by atoms with Crippen LogP contribution in [0.4, 0.5) is 5.82 Å². The van der Waals surface area contributed by atoms with Crippen molar-refractivity contribution in [2.75, 3.05) is 5.73 Å². The molecule has 0 aliphatic rings. The molecule has 0 bridgehead atoms. The van der Waals surface area contributed by atoms with E-state index in [1.165, 1.54) is 16.7 Å². The maximum Gasteiger partial charge on any atom is 0.349 e. The van der Waals surface area contributed by atoms with Crippen LogP contribution in [0.2, 0.25) is 0 Å². The van der Waals surface area contributed by atoms with Crippen LogP contribution >= 0.6 is 0 Å². The molecule has 1 rings (SSSR count). The fourth-order valence-corrected chi connectivity index (χ4v) is 2.97. The van der Waals surface area contributed by atoms with Crippen molar-refractivity contribution in [2.45, 2.75) is 60.4 Å². The van der Waals surface area contributed by atoms with Crippen molar-refractivity contribution in [1.29, 1.82) is 0 Å². The molecule has 2 unspecified atom stereocenters. The lowest BCUT2D eigenvalue weighted by molar-refractivity contribution is 0.444. The first kappa shape index (κ1) is 19.2. The quantitative estimate of drug-likeness (QED) is 0.732. The van der Waals surface area contributed by atoms with Gasteiger partial charge in [0.1, 0.15) is 5.82 Å². The summed E-state index contributed by atoms with van der Waals surface area (Å²) >= 11 is 0. The van der Waals surface area contributed by atoms with E-state index < -0.39 is 0 Å². The van der Waals surface area contributed by atoms with E-state index in [0.717, 1.165) is 19.3 Å². The normalized spacial score (nSPS) is 15.0. The van der Waals surface area contributed by atoms with Crippen LogP contribution in [0.15, 0.2) is 40.4 Å². The molecule has 1 heterocycles. The molecule has 2 atom stereocenters. The second kappa shape index (κ2) is 8.70. The first-order valence-corrected chi connectivity index (χ1v) is 8.46. The van der Waals surface area contributed by atoms with Crippen molar-refractivity contribution in [3.8, 4) is 0 Å². The molecular formula is C19H31N3O. The summed E-state index contributed by atoms with van der Waals surface area (Å²) in [6.45, 7) is 15.6. The van der Waals surface area contributed by atoms with E-state index in [1.54, 1.807) is 16.8 Å². The summed E-state index contributed by atoms with van der Waals surface area (Å²) in [6.07, 6.45) is 4.88. The lowest BCUT2D eigenvalue weighted by atomic mass is 9.83. The summed E-state index contributed by atoms with van der Waals surface area (Å²) in [5.41, 5.74) is 9.19. The van der Waals surface area contributed by atoms with Gasteiger partial charge >= 0.3 is 5.69 Å². The zero-order valence-electron chi connectivity index (χ0n) is 15.2. The summed E-state index contributed by atoms with van der Waals surface area (Å²) in [5.74, 6) is 1.19. The van der Waals surface area contributed by atoms with Crippen LogP contribution in [0, 0.1) is 11.8 Å². The largest absolute Gasteiger partial charge is 0.383 e. The van der Waals surface area contributed by atoms with Gasteiger partial charge in [0, 0.05) is 12.7 Å². The first-order chi connectivity index (χ1) is 10.8. The molecule has 2 N–H and O–H groups in total. The summed E-state index contributed by atoms with van der Waals surface area (Å²) < 4.78 is 1.64. The highest BCUT2D eigenvalue weighted by molar-refractivity contribution is 5.24. The molecule has 0 spiro atoms. The highest BCUT2D eigenvalue weighted by Crippen LogP contribution is 2.29. The number of allylic oxidation sites excluding steroid dienone is 3. The number of nitrogen functional groups attached to an aromatic ring is 1. The molecule has 0 aliphatic carbocycles. The van der Waals surface area contributed by atoms with E-state index >= 15 is 0 Å². The number of anilines is 1. The van der Waals surface area contributed by atoms with Gasteiger partial charge in [0.05, 0.1) is 0 Å². The molecule has 23 heavy (non-hydrogen) atoms. The maximum atomic E-state index is 12.0. The smallest absolute Gasteiger partial charge is 0.349 e. The zero-order valence-corrected chi connectivity index (χ0v) is 15.2. The lowest BCUT2D eigenvalue weighted by Crippen LogP contribution is -2.26. The Bertz CT molecular complexity index is 628. The topological polar surface area (TPSA) is 60.9 Å². The average Bonchev–Trinajstić information content (AvgIpc) is 2.50. The van der Waals surface area contributed by atoms with Crippen LogP contribution in [-0.2, 0) is 6.54 Å². The summed E-state index contributed by atoms with van der Waals surface area (Å²) in [5, 5.41) is 0. The number of hydrogen-bond donors (Lipinski definition) is 1. The third-order valence-electron chi connectivity index (χ3n) is 4.74. The van der Waals surface area contributed by atoms with E-state index in [1.807, 2.05) is 0 Å². The molecular weight excluding hydrogens is 286 g/mol. The van der Waals surface area contributed by atoms with Gasteiger partial charge < -0.3 is 5.73 Å². The third kappa shape index (κ3) is 5.38. The van der Waals surface area contributed by atoms with Gasteiger partial charge in [0.2, 0.25) is 0 Å². The molecule has 0 saturated heterocycles. The van der Waals surface area contributed by atoms with E-state index in [-0.39, 0.29) is 11.5 Å². The molecule has 0 radical (unpaired) electrons. The molecule has 4 heteroatoms. The molecule has 1 aromatic rings. The van der Waals surface area contributed by atoms with Crippen molar-refractivity contribution in [3.63, 3.8) is 0 Å². The first-order valence-electron chi connectivity index (χ1n) is 8.46. The Balaban J connectivity index is 3.06. The van der Waals surface area contributed by atoms with Crippen molar-refractivity contribution in [2.24, 2.45) is 11.8 Å². The van der Waals surface area contributed by atoms with Crippen molar-refractivity contribution >= 4 is 5.82 Å². The maximum absolute atomic E-state index is 12.0. The summed E-state index contributed by atoms with van der Waals surface area (Å²) in [4.78, 5) is 15.9. The van der Waals surface area contributed by atoms with Crippen LogP contribution in [0.5, 0.6) is 0 Å². The number of hydrogen-bond acceptors (Lipinski definition) is 3. The monoisotopic (exact) mass is 317 g/mol. The SMILES string of the molecule is C=C(C)C(CC)CC(C)/C(Cn1ccc(N)nc1=O)=C(/C)CC. The lowest BCUT2D eigenvalue weighted by Gasteiger charge is -2.24. The van der Waals surface area contributed by atoms with Crippen molar-refractivity contribution in [1.82, 2.24) is 9.55 Å². The predicted molar refractivity (Wildman–Crippen MR) is 98.3 cm³/mol. The minimum absolute atomic E-state index is 0.269. The second-order valence-electron chi connectivity index (χ2n) is 6.51. The van der Waals surface area contributed by atoms with Gasteiger partial charge in [-0.2, -0.15) is 4.98 Å². The van der Waals surface area contributed by atoms with Crippen LogP contribution in [-0.4, -0.2) is 9.55 Å². The minimum Gasteiger partial charge on any atom is -0.383 e. The minimum atomic E-state index is -0.287. The molecule has 0 amide bonds. The Kier molecular flexibility index (Phi) is 7.27. The van der Waals surface area contributed by atoms with E-state index in [2.05, 4.69) is 46.2 Å². The molecule has 0 aromatic carbocycles. The molecule has 4 nitrogen and oxygen atoms in total. The van der Waals surface area contributed by atoms with Gasteiger partial charge in [-0.1, -0.05) is 38.5 Å². The van der Waals surface area contributed by atoms with Crippen LogP contribution in [0.25, 0.3) is 0 Å². The van der Waals surface area contributed by atoms with E-state index in [4.69, 9.17) is 5.73 Å². The highest BCUT2D eigenvalue weighted by Gasteiger charge is 2.18. The van der Waals surface area contributed by atoms with Gasteiger partial charge in [-0.05, 0) is 56.6 Å². The predicted octanol–water partition coefficient (Wildman–Crippen LogP) is 4.18. The van der Waals surface area contributed by atoms with Crippen molar-refractivity contribution in [3.05, 3.63) is 46.0 Å². The number of nitrogens with zero attached hydrogens (tertiary/aromatic N) is 2. The number of aromatic nitrogens is 2. The van der Waals surface area contributed by atoms with Crippen LogP contribution in [0.1, 0.15) is 53.9 Å². The van der Waals surface area contributed by atoms with Gasteiger partial charge in [-0.3, -0.25) is 4.57 Å². The molecule has 0 saturated carbocycles. The second-order valence-corrected chi connectivity index (χ2v) is 6.51. The number of nitrogens with two attached hydrogens (primary N) is 1. The standard InChI is InChI=1S/C19H31N3O/c1-7-14(5)17(15(6)11-16(8-2)13(3)4)12-22-10-9-18(20)21-19(22)23/h9-10,15-16H,3,7-8,11-12H2,1-2,4-6H3,(H2,20,21,23)/b17-14-. The molecule has 0 fully saturated rings. The van der Waals surface area contributed by atoms with Gasteiger partial charge in [0.15, 0.2) is 0 Å². The summed E-state index contributed by atoms with van der Waals surface area (Å²) in [7, 11) is 0. The fraction of sp³-hybridized carbons (Fsp3) is 0.579. The van der Waals surface area contributed by atoms with Gasteiger partial charge in [-0.25, -0.2) is 4.79 Å². The van der Waals surface area contributed by atoms with E-state index in [0.29, 0.717) is 18.4 Å². The van der Waals surface area contributed by atoms with Crippen LogP contribution < -0.4 is 11.4 Å². The fourth-order valence-electron chi connectivity index (χ4n) is 2.97. The van der Waals surface area contributed by atoms with E-state index in [9.17, 15) is 4.79 Å². The Morgan fingerprint density at radius 1 is 1.39 bits per heavy atom. The van der Waals surface area contributed by atoms with Gasteiger partial charge in [-0.15, -0.1) is 0 Å². The Labute approximate surface area is 140 Å². The zero-order chi connectivity index (χ0) is 17.6. The molecule has 128 valence electrons. The average molecular weight is 317 g/mol. The Morgan fingerprint density at radius 2 is 2.04 bits per heavy atom. The van der Waals surface area contributed by atoms with Crippen LogP contribution in [0.3, 0.4) is 0 Å². The Morgan fingerprint density at radius 3 is 2.52 bits per heavy atom.